The van der Waals surface area contributed by atoms with Crippen molar-refractivity contribution in [3.63, 3.8) is 0 Å². The Morgan fingerprint density at radius 3 is 2.93 bits per heavy atom. The van der Waals surface area contributed by atoms with E-state index in [-0.39, 0.29) is 5.69 Å². The van der Waals surface area contributed by atoms with Gasteiger partial charge in [0, 0.05) is 11.1 Å². The third-order valence-electron chi connectivity index (χ3n) is 1.72. The van der Waals surface area contributed by atoms with E-state index in [0.29, 0.717) is 23.0 Å². The first-order valence-electron chi connectivity index (χ1n) is 4.19. The standard InChI is InChI=1S/C9H10ClN3O2/c1-6-3-8(13(14)15)5-12-9(6)11-4-7(2)10/h3,5H,2,4H2,1H3,(H,11,12). The van der Waals surface area contributed by atoms with Gasteiger partial charge in [-0.2, -0.15) is 0 Å². The molecule has 0 aliphatic carbocycles. The normalized spacial score (nSPS) is 9.73. The Hall–Kier alpha value is -1.62. The molecule has 0 saturated heterocycles. The predicted molar refractivity (Wildman–Crippen MR) is 59.1 cm³/mol. The first kappa shape index (κ1) is 11.5. The number of aromatic nitrogens is 1. The van der Waals surface area contributed by atoms with E-state index in [1.165, 1.54) is 12.3 Å². The largest absolute Gasteiger partial charge is 0.365 e. The van der Waals surface area contributed by atoms with Gasteiger partial charge in [0.05, 0.1) is 11.5 Å². The van der Waals surface area contributed by atoms with Gasteiger partial charge in [-0.15, -0.1) is 0 Å². The molecule has 0 spiro atoms. The maximum absolute atomic E-state index is 10.4. The van der Waals surface area contributed by atoms with E-state index in [1.807, 2.05) is 0 Å². The molecule has 1 aromatic heterocycles. The van der Waals surface area contributed by atoms with Gasteiger partial charge in [-0.3, -0.25) is 10.1 Å². The van der Waals surface area contributed by atoms with E-state index < -0.39 is 4.92 Å². The van der Waals surface area contributed by atoms with Gasteiger partial charge in [0.25, 0.3) is 5.69 Å². The summed E-state index contributed by atoms with van der Waals surface area (Å²) in [6.45, 7) is 5.63. The minimum Gasteiger partial charge on any atom is -0.365 e. The molecule has 0 saturated carbocycles. The molecule has 1 N–H and O–H groups in total. The molecule has 0 aliphatic rings. The lowest BCUT2D eigenvalue weighted by Gasteiger charge is -2.06. The van der Waals surface area contributed by atoms with E-state index in [1.54, 1.807) is 6.92 Å². The van der Waals surface area contributed by atoms with Crippen LogP contribution in [0.4, 0.5) is 11.5 Å². The average molecular weight is 228 g/mol. The van der Waals surface area contributed by atoms with Crippen molar-refractivity contribution in [2.75, 3.05) is 11.9 Å². The van der Waals surface area contributed by atoms with Crippen LogP contribution >= 0.6 is 11.6 Å². The molecular formula is C9H10ClN3O2. The Bertz CT molecular complexity index is 406. The van der Waals surface area contributed by atoms with Gasteiger partial charge < -0.3 is 5.32 Å². The molecule has 0 fully saturated rings. The molecule has 0 amide bonds. The lowest BCUT2D eigenvalue weighted by atomic mass is 10.2. The monoisotopic (exact) mass is 227 g/mol. The number of pyridine rings is 1. The van der Waals surface area contributed by atoms with Gasteiger partial charge in [-0.05, 0) is 12.5 Å². The highest BCUT2D eigenvalue weighted by Crippen LogP contribution is 2.18. The van der Waals surface area contributed by atoms with E-state index in [4.69, 9.17) is 11.6 Å². The zero-order valence-corrected chi connectivity index (χ0v) is 8.91. The number of anilines is 1. The molecule has 0 radical (unpaired) electrons. The van der Waals surface area contributed by atoms with Crippen molar-refractivity contribution in [3.8, 4) is 0 Å². The zero-order chi connectivity index (χ0) is 11.4. The minimum atomic E-state index is -0.482. The van der Waals surface area contributed by atoms with Gasteiger partial charge in [-0.1, -0.05) is 18.2 Å². The Morgan fingerprint density at radius 1 is 1.80 bits per heavy atom. The van der Waals surface area contributed by atoms with Crippen molar-refractivity contribution >= 4 is 23.1 Å². The lowest BCUT2D eigenvalue weighted by molar-refractivity contribution is -0.385. The van der Waals surface area contributed by atoms with Crippen LogP contribution in [0.2, 0.25) is 0 Å². The van der Waals surface area contributed by atoms with Crippen LogP contribution in [0.5, 0.6) is 0 Å². The van der Waals surface area contributed by atoms with Gasteiger partial charge >= 0.3 is 0 Å². The molecule has 1 rings (SSSR count). The molecule has 0 atom stereocenters. The molecule has 6 heteroatoms. The van der Waals surface area contributed by atoms with Crippen molar-refractivity contribution in [1.29, 1.82) is 0 Å². The molecule has 0 aromatic carbocycles. The van der Waals surface area contributed by atoms with E-state index in [2.05, 4.69) is 16.9 Å². The fourth-order valence-electron chi connectivity index (χ4n) is 1.02. The fourth-order valence-corrected chi connectivity index (χ4v) is 1.09. The van der Waals surface area contributed by atoms with Crippen molar-refractivity contribution in [2.45, 2.75) is 6.92 Å². The highest BCUT2D eigenvalue weighted by Gasteiger charge is 2.08. The van der Waals surface area contributed by atoms with Gasteiger partial charge in [0.15, 0.2) is 0 Å². The van der Waals surface area contributed by atoms with Crippen LogP contribution in [0, 0.1) is 17.0 Å². The number of halogens is 1. The summed E-state index contributed by atoms with van der Waals surface area (Å²) in [5.41, 5.74) is 0.671. The topological polar surface area (TPSA) is 68.1 Å². The summed E-state index contributed by atoms with van der Waals surface area (Å²) < 4.78 is 0. The number of aryl methyl sites for hydroxylation is 1. The number of hydrogen-bond donors (Lipinski definition) is 1. The van der Waals surface area contributed by atoms with Crippen molar-refractivity contribution < 1.29 is 4.92 Å². The average Bonchev–Trinajstić information content (AvgIpc) is 2.15. The molecule has 0 aliphatic heterocycles. The maximum Gasteiger partial charge on any atom is 0.287 e. The van der Waals surface area contributed by atoms with Gasteiger partial charge in [0.1, 0.15) is 12.0 Å². The van der Waals surface area contributed by atoms with Crippen LogP contribution in [0.25, 0.3) is 0 Å². The van der Waals surface area contributed by atoms with Crippen LogP contribution in [0.15, 0.2) is 23.9 Å². The number of nitrogens with zero attached hydrogens (tertiary/aromatic N) is 2. The molecule has 1 heterocycles. The van der Waals surface area contributed by atoms with E-state index in [9.17, 15) is 10.1 Å². The highest BCUT2D eigenvalue weighted by atomic mass is 35.5. The smallest absolute Gasteiger partial charge is 0.287 e. The van der Waals surface area contributed by atoms with Crippen LogP contribution < -0.4 is 5.32 Å². The summed E-state index contributed by atoms with van der Waals surface area (Å²) in [5.74, 6) is 0.572. The second kappa shape index (κ2) is 4.75. The SMILES string of the molecule is C=C(Cl)CNc1ncc([N+](=O)[O-])cc1C. The second-order valence-electron chi connectivity index (χ2n) is 2.99. The summed E-state index contributed by atoms with van der Waals surface area (Å²) in [7, 11) is 0. The molecule has 0 bridgehead atoms. The second-order valence-corrected chi connectivity index (χ2v) is 3.52. The fraction of sp³-hybridized carbons (Fsp3) is 0.222. The third kappa shape index (κ3) is 3.21. The summed E-state index contributed by atoms with van der Waals surface area (Å²) >= 11 is 5.57. The van der Waals surface area contributed by atoms with Crippen LogP contribution in [-0.2, 0) is 0 Å². The molecule has 15 heavy (non-hydrogen) atoms. The summed E-state index contributed by atoms with van der Waals surface area (Å²) in [5, 5.41) is 13.8. The Balaban J connectivity index is 2.83. The van der Waals surface area contributed by atoms with Gasteiger partial charge in [-0.25, -0.2) is 4.98 Å². The van der Waals surface area contributed by atoms with Crippen LogP contribution in [0.1, 0.15) is 5.56 Å². The molecule has 1 aromatic rings. The summed E-state index contributed by atoms with van der Waals surface area (Å²) in [6, 6.07) is 1.45. The first-order valence-corrected chi connectivity index (χ1v) is 4.56. The van der Waals surface area contributed by atoms with Crippen LogP contribution in [-0.4, -0.2) is 16.5 Å². The highest BCUT2D eigenvalue weighted by molar-refractivity contribution is 6.29. The van der Waals surface area contributed by atoms with E-state index >= 15 is 0 Å². The van der Waals surface area contributed by atoms with Crippen molar-refractivity contribution in [2.24, 2.45) is 0 Å². The molecule has 80 valence electrons. The first-order chi connectivity index (χ1) is 7.00. The Kier molecular flexibility index (Phi) is 3.62. The molecule has 0 unspecified atom stereocenters. The maximum atomic E-state index is 10.4. The number of nitrogens with one attached hydrogen (secondary N) is 1. The minimum absolute atomic E-state index is 0.0252. The summed E-state index contributed by atoms with van der Waals surface area (Å²) in [6.07, 6.45) is 1.20. The summed E-state index contributed by atoms with van der Waals surface area (Å²) in [4.78, 5) is 13.9. The lowest BCUT2D eigenvalue weighted by Crippen LogP contribution is -2.05. The number of rotatable bonds is 4. The van der Waals surface area contributed by atoms with Gasteiger partial charge in [0.2, 0.25) is 0 Å². The Labute approximate surface area is 91.9 Å². The molecule has 5 nitrogen and oxygen atoms in total. The number of hydrogen-bond acceptors (Lipinski definition) is 4. The Morgan fingerprint density at radius 2 is 2.47 bits per heavy atom. The quantitative estimate of drug-likeness (QED) is 0.634. The van der Waals surface area contributed by atoms with Crippen molar-refractivity contribution in [3.05, 3.63) is 39.6 Å². The van der Waals surface area contributed by atoms with E-state index in [0.717, 1.165) is 0 Å². The zero-order valence-electron chi connectivity index (χ0n) is 8.16. The molecular weight excluding hydrogens is 218 g/mol. The van der Waals surface area contributed by atoms with Crippen molar-refractivity contribution in [1.82, 2.24) is 4.98 Å². The number of nitro groups is 1. The predicted octanol–water partition coefficient (Wildman–Crippen LogP) is 2.46. The third-order valence-corrected chi connectivity index (χ3v) is 1.86. The van der Waals surface area contributed by atoms with Crippen LogP contribution in [0.3, 0.4) is 0 Å².